The summed E-state index contributed by atoms with van der Waals surface area (Å²) in [6.07, 6.45) is 0. The molecule has 0 bridgehead atoms. The van der Waals surface area contributed by atoms with Gasteiger partial charge in [-0.15, -0.1) is 0 Å². The van der Waals surface area contributed by atoms with Gasteiger partial charge in [-0.25, -0.2) is 13.2 Å². The second kappa shape index (κ2) is 6.15. The third-order valence-electron chi connectivity index (χ3n) is 2.66. The molecule has 112 valence electrons. The molecule has 0 atom stereocenters. The van der Waals surface area contributed by atoms with E-state index in [4.69, 9.17) is 4.74 Å². The number of carbonyl (C=O) groups excluding carboxylic acids is 1. The van der Waals surface area contributed by atoms with Gasteiger partial charge in [0.05, 0.1) is 24.8 Å². The second-order valence-corrected chi connectivity index (χ2v) is 6.43. The summed E-state index contributed by atoms with van der Waals surface area (Å²) < 4.78 is 36.6. The summed E-state index contributed by atoms with van der Waals surface area (Å²) in [5.41, 5.74) is 0.644. The Kier molecular flexibility index (Phi) is 4.49. The zero-order valence-corrected chi connectivity index (χ0v) is 13.0. The van der Waals surface area contributed by atoms with Crippen molar-refractivity contribution in [1.82, 2.24) is 0 Å². The Balaban J connectivity index is 2.38. The molecule has 0 unspecified atom stereocenters. The van der Waals surface area contributed by atoms with Crippen LogP contribution >= 0.6 is 11.3 Å². The number of esters is 1. The first-order chi connectivity index (χ1) is 9.97. The molecule has 1 N–H and O–H groups in total. The Morgan fingerprint density at radius 1 is 1.24 bits per heavy atom. The van der Waals surface area contributed by atoms with Gasteiger partial charge in [0, 0.05) is 11.4 Å². The lowest BCUT2D eigenvalue weighted by molar-refractivity contribution is 0.0597. The van der Waals surface area contributed by atoms with Crippen LogP contribution in [0.15, 0.2) is 39.9 Å². The maximum absolute atomic E-state index is 12.2. The van der Waals surface area contributed by atoms with Gasteiger partial charge < -0.3 is 9.47 Å². The maximum Gasteiger partial charge on any atom is 0.341 e. The molecule has 0 radical (unpaired) electrons. The number of sulfonamides is 1. The van der Waals surface area contributed by atoms with Crippen molar-refractivity contribution in [2.75, 3.05) is 18.9 Å². The van der Waals surface area contributed by atoms with Crippen LogP contribution in [0.2, 0.25) is 0 Å². The first-order valence-corrected chi connectivity index (χ1v) is 8.22. The summed E-state index contributed by atoms with van der Waals surface area (Å²) >= 11 is 1.38. The van der Waals surface area contributed by atoms with Gasteiger partial charge in [0.2, 0.25) is 0 Å². The van der Waals surface area contributed by atoms with Gasteiger partial charge in [-0.2, -0.15) is 11.3 Å². The maximum atomic E-state index is 12.2. The highest BCUT2D eigenvalue weighted by Crippen LogP contribution is 2.25. The summed E-state index contributed by atoms with van der Waals surface area (Å²) in [6.45, 7) is 0. The molecule has 0 aliphatic heterocycles. The van der Waals surface area contributed by atoms with Gasteiger partial charge in [0.15, 0.2) is 0 Å². The van der Waals surface area contributed by atoms with Crippen molar-refractivity contribution in [1.29, 1.82) is 0 Å². The van der Waals surface area contributed by atoms with E-state index in [1.54, 1.807) is 16.8 Å². The number of nitrogens with one attached hydrogen (secondary N) is 1. The van der Waals surface area contributed by atoms with Crippen molar-refractivity contribution in [3.8, 4) is 5.75 Å². The number of benzene rings is 1. The smallest absolute Gasteiger partial charge is 0.341 e. The van der Waals surface area contributed by atoms with Gasteiger partial charge in [-0.05, 0) is 23.6 Å². The molecule has 0 spiro atoms. The van der Waals surface area contributed by atoms with Gasteiger partial charge >= 0.3 is 5.97 Å². The molecular formula is C13H13NO5S2. The van der Waals surface area contributed by atoms with Gasteiger partial charge in [0.1, 0.15) is 11.3 Å². The van der Waals surface area contributed by atoms with Crippen LogP contribution in [0.5, 0.6) is 5.75 Å². The molecule has 6 nitrogen and oxygen atoms in total. The third kappa shape index (κ3) is 3.34. The number of hydrogen-bond donors (Lipinski definition) is 1. The molecule has 0 saturated carbocycles. The zero-order chi connectivity index (χ0) is 15.5. The molecule has 1 aromatic carbocycles. The van der Waals surface area contributed by atoms with Crippen LogP contribution in [0.3, 0.4) is 0 Å². The van der Waals surface area contributed by atoms with Crippen LogP contribution in [0.1, 0.15) is 10.4 Å². The molecular weight excluding hydrogens is 314 g/mol. The SMILES string of the molecule is COC(=O)c1ccc(S(=O)(=O)Nc2ccsc2)cc1OC. The molecule has 0 aliphatic rings. The minimum atomic E-state index is -3.74. The highest BCUT2D eigenvalue weighted by Gasteiger charge is 2.19. The Bertz CT molecular complexity index is 738. The van der Waals surface area contributed by atoms with E-state index in [1.807, 2.05) is 0 Å². The molecule has 0 aliphatic carbocycles. The van der Waals surface area contributed by atoms with E-state index in [-0.39, 0.29) is 16.2 Å². The van der Waals surface area contributed by atoms with Crippen molar-refractivity contribution in [3.63, 3.8) is 0 Å². The predicted molar refractivity (Wildman–Crippen MR) is 79.5 cm³/mol. The molecule has 2 aromatic rings. The van der Waals surface area contributed by atoms with Crippen molar-refractivity contribution < 1.29 is 22.7 Å². The molecule has 0 amide bonds. The topological polar surface area (TPSA) is 81.7 Å². The summed E-state index contributed by atoms with van der Waals surface area (Å²) in [7, 11) is -1.15. The van der Waals surface area contributed by atoms with E-state index in [0.29, 0.717) is 5.69 Å². The zero-order valence-electron chi connectivity index (χ0n) is 11.3. The molecule has 8 heteroatoms. The van der Waals surface area contributed by atoms with Crippen LogP contribution in [-0.4, -0.2) is 28.6 Å². The molecule has 2 rings (SSSR count). The predicted octanol–water partition coefficient (Wildman–Crippen LogP) is 2.34. The fraction of sp³-hybridized carbons (Fsp3) is 0.154. The van der Waals surface area contributed by atoms with E-state index in [1.165, 1.54) is 43.8 Å². The van der Waals surface area contributed by atoms with E-state index in [9.17, 15) is 13.2 Å². The molecule has 1 heterocycles. The average Bonchev–Trinajstić information content (AvgIpc) is 2.97. The fourth-order valence-corrected chi connectivity index (χ4v) is 3.38. The molecule has 0 fully saturated rings. The monoisotopic (exact) mass is 327 g/mol. The normalized spacial score (nSPS) is 11.0. The summed E-state index contributed by atoms with van der Waals surface area (Å²) in [5.74, 6) is -0.461. The lowest BCUT2D eigenvalue weighted by Gasteiger charge is -2.10. The molecule has 1 aromatic heterocycles. The van der Waals surface area contributed by atoms with Crippen LogP contribution < -0.4 is 9.46 Å². The van der Waals surface area contributed by atoms with Crippen molar-refractivity contribution >= 4 is 33.0 Å². The largest absolute Gasteiger partial charge is 0.496 e. The average molecular weight is 327 g/mol. The number of methoxy groups -OCH3 is 2. The van der Waals surface area contributed by atoms with Crippen LogP contribution in [0.25, 0.3) is 0 Å². The first kappa shape index (κ1) is 15.3. The van der Waals surface area contributed by atoms with Crippen LogP contribution in [0.4, 0.5) is 5.69 Å². The van der Waals surface area contributed by atoms with Crippen LogP contribution in [-0.2, 0) is 14.8 Å². The Labute approximate surface area is 126 Å². The molecule has 21 heavy (non-hydrogen) atoms. The van der Waals surface area contributed by atoms with Gasteiger partial charge in [-0.3, -0.25) is 4.72 Å². The Morgan fingerprint density at radius 2 is 2.00 bits per heavy atom. The number of rotatable bonds is 5. The summed E-state index contributed by atoms with van der Waals surface area (Å²) in [4.78, 5) is 11.5. The fourth-order valence-electron chi connectivity index (χ4n) is 1.65. The number of ether oxygens (including phenoxy) is 2. The minimum Gasteiger partial charge on any atom is -0.496 e. The first-order valence-electron chi connectivity index (χ1n) is 5.79. The Hall–Kier alpha value is -2.06. The third-order valence-corrected chi connectivity index (χ3v) is 4.72. The number of hydrogen-bond acceptors (Lipinski definition) is 6. The van der Waals surface area contributed by atoms with E-state index < -0.39 is 16.0 Å². The second-order valence-electron chi connectivity index (χ2n) is 3.97. The van der Waals surface area contributed by atoms with E-state index in [0.717, 1.165) is 0 Å². The van der Waals surface area contributed by atoms with Crippen molar-refractivity contribution in [3.05, 3.63) is 40.6 Å². The Morgan fingerprint density at radius 3 is 2.57 bits per heavy atom. The number of carbonyl (C=O) groups is 1. The van der Waals surface area contributed by atoms with Gasteiger partial charge in [0.25, 0.3) is 10.0 Å². The highest BCUT2D eigenvalue weighted by molar-refractivity contribution is 7.92. The van der Waals surface area contributed by atoms with Crippen molar-refractivity contribution in [2.45, 2.75) is 4.90 Å². The standard InChI is InChI=1S/C13H13NO5S2/c1-18-12-7-10(3-4-11(12)13(15)19-2)21(16,17)14-9-5-6-20-8-9/h3-8,14H,1-2H3. The minimum absolute atomic E-state index is 0.00166. The quantitative estimate of drug-likeness (QED) is 0.853. The lowest BCUT2D eigenvalue weighted by atomic mass is 10.2. The van der Waals surface area contributed by atoms with Crippen molar-refractivity contribution in [2.24, 2.45) is 0 Å². The summed E-state index contributed by atoms with van der Waals surface area (Å²) in [5, 5.41) is 3.44. The highest BCUT2D eigenvalue weighted by atomic mass is 32.2. The van der Waals surface area contributed by atoms with Crippen LogP contribution in [0, 0.1) is 0 Å². The lowest BCUT2D eigenvalue weighted by Crippen LogP contribution is -2.13. The van der Waals surface area contributed by atoms with Gasteiger partial charge in [-0.1, -0.05) is 0 Å². The number of anilines is 1. The summed E-state index contributed by atoms with van der Waals surface area (Å²) in [6, 6.07) is 5.61. The number of thiophene rings is 1. The van der Waals surface area contributed by atoms with E-state index in [2.05, 4.69) is 9.46 Å². The molecule has 0 saturated heterocycles. The van der Waals surface area contributed by atoms with E-state index >= 15 is 0 Å².